The van der Waals surface area contributed by atoms with Gasteiger partial charge in [-0.2, -0.15) is 0 Å². The topological polar surface area (TPSA) is 55.2 Å². The van der Waals surface area contributed by atoms with Crippen molar-refractivity contribution in [2.24, 2.45) is 5.92 Å². The highest BCUT2D eigenvalue weighted by atomic mass is 16.5. The van der Waals surface area contributed by atoms with Crippen LogP contribution in [0.5, 0.6) is 5.75 Å². The first-order valence-corrected chi connectivity index (χ1v) is 4.35. The van der Waals surface area contributed by atoms with Crippen molar-refractivity contribution in [1.29, 1.82) is 0 Å². The summed E-state index contributed by atoms with van der Waals surface area (Å²) < 4.78 is 4.92. The van der Waals surface area contributed by atoms with Crippen molar-refractivity contribution in [2.75, 3.05) is 7.11 Å². The van der Waals surface area contributed by atoms with E-state index >= 15 is 0 Å². The molecule has 1 unspecified atom stereocenters. The van der Waals surface area contributed by atoms with E-state index in [0.29, 0.717) is 17.5 Å². The third-order valence-corrected chi connectivity index (χ3v) is 2.22. The van der Waals surface area contributed by atoms with E-state index in [1.807, 2.05) is 0 Å². The Morgan fingerprint density at radius 1 is 1.46 bits per heavy atom. The Morgan fingerprint density at radius 2 is 2.08 bits per heavy atom. The maximum atomic E-state index is 9.66. The summed E-state index contributed by atoms with van der Waals surface area (Å²) in [6, 6.07) is 0. The van der Waals surface area contributed by atoms with Gasteiger partial charge in [-0.15, -0.1) is 0 Å². The van der Waals surface area contributed by atoms with Crippen LogP contribution in [0, 0.1) is 5.92 Å². The highest BCUT2D eigenvalue weighted by Gasteiger charge is 2.32. The van der Waals surface area contributed by atoms with Gasteiger partial charge in [0.25, 0.3) is 0 Å². The monoisotopic (exact) mass is 180 g/mol. The Labute approximate surface area is 76.6 Å². The van der Waals surface area contributed by atoms with E-state index in [1.165, 1.54) is 0 Å². The van der Waals surface area contributed by atoms with Crippen LogP contribution in [0.1, 0.15) is 24.8 Å². The maximum absolute atomic E-state index is 9.66. The van der Waals surface area contributed by atoms with Crippen LogP contribution in [0.25, 0.3) is 0 Å². The van der Waals surface area contributed by atoms with Gasteiger partial charge < -0.3 is 9.84 Å². The quantitative estimate of drug-likeness (QED) is 0.751. The highest BCUT2D eigenvalue weighted by molar-refractivity contribution is 5.13. The second-order valence-corrected chi connectivity index (χ2v) is 3.26. The lowest BCUT2D eigenvalue weighted by molar-refractivity contribution is 0.143. The minimum absolute atomic E-state index is 0.369. The van der Waals surface area contributed by atoms with E-state index in [4.69, 9.17) is 4.74 Å². The summed E-state index contributed by atoms with van der Waals surface area (Å²) in [5, 5.41) is 9.66. The molecule has 1 N–H and O–H groups in total. The predicted octanol–water partition coefficient (Wildman–Crippen LogP) is 0.929. The number of hydrogen-bond acceptors (Lipinski definition) is 4. The van der Waals surface area contributed by atoms with Crippen LogP contribution in [-0.2, 0) is 0 Å². The number of hydrogen-bond donors (Lipinski definition) is 1. The minimum Gasteiger partial charge on any atom is -0.494 e. The fraction of sp³-hybridized carbons (Fsp3) is 0.556. The number of nitrogens with zero attached hydrogens (tertiary/aromatic N) is 2. The van der Waals surface area contributed by atoms with Gasteiger partial charge >= 0.3 is 0 Å². The third-order valence-electron chi connectivity index (χ3n) is 2.22. The van der Waals surface area contributed by atoms with Crippen LogP contribution in [0.3, 0.4) is 0 Å². The van der Waals surface area contributed by atoms with Crippen LogP contribution in [-0.4, -0.2) is 22.2 Å². The SMILES string of the molecule is COc1cnc(C(O)C2CC2)nc1. The van der Waals surface area contributed by atoms with Crippen LogP contribution >= 0.6 is 0 Å². The number of ether oxygens (including phenoxy) is 1. The lowest BCUT2D eigenvalue weighted by Gasteiger charge is -2.06. The Hall–Kier alpha value is -1.16. The average molecular weight is 180 g/mol. The molecule has 0 aromatic carbocycles. The first-order valence-electron chi connectivity index (χ1n) is 4.35. The van der Waals surface area contributed by atoms with Crippen molar-refractivity contribution in [3.8, 4) is 5.75 Å². The molecule has 2 rings (SSSR count). The lowest BCUT2D eigenvalue weighted by Crippen LogP contribution is -2.05. The minimum atomic E-state index is -0.495. The molecule has 1 aliphatic carbocycles. The van der Waals surface area contributed by atoms with Gasteiger partial charge in [-0.3, -0.25) is 0 Å². The summed E-state index contributed by atoms with van der Waals surface area (Å²) in [5.41, 5.74) is 0. The maximum Gasteiger partial charge on any atom is 0.157 e. The van der Waals surface area contributed by atoms with E-state index in [1.54, 1.807) is 19.5 Å². The van der Waals surface area contributed by atoms with Crippen LogP contribution in [0.2, 0.25) is 0 Å². The summed E-state index contributed by atoms with van der Waals surface area (Å²) in [6.45, 7) is 0. The summed E-state index contributed by atoms with van der Waals surface area (Å²) in [6.07, 6.45) is 4.82. The number of aromatic nitrogens is 2. The third kappa shape index (κ3) is 1.78. The van der Waals surface area contributed by atoms with Crippen LogP contribution in [0.4, 0.5) is 0 Å². The molecule has 0 spiro atoms. The molecular weight excluding hydrogens is 168 g/mol. The molecule has 1 aromatic rings. The molecule has 4 nitrogen and oxygen atoms in total. The first kappa shape index (κ1) is 8.44. The molecule has 1 aromatic heterocycles. The van der Waals surface area contributed by atoms with Crippen molar-refractivity contribution in [3.05, 3.63) is 18.2 Å². The summed E-state index contributed by atoms with van der Waals surface area (Å²) in [5.74, 6) is 1.49. The predicted molar refractivity (Wildman–Crippen MR) is 46.3 cm³/mol. The van der Waals surface area contributed by atoms with E-state index in [-0.39, 0.29) is 0 Å². The molecule has 0 radical (unpaired) electrons. The highest BCUT2D eigenvalue weighted by Crippen LogP contribution is 2.39. The molecule has 70 valence electrons. The van der Waals surface area contributed by atoms with Gasteiger partial charge in [0.2, 0.25) is 0 Å². The number of aliphatic hydroxyl groups excluding tert-OH is 1. The zero-order valence-electron chi connectivity index (χ0n) is 7.47. The van der Waals surface area contributed by atoms with Crippen molar-refractivity contribution in [2.45, 2.75) is 18.9 Å². The van der Waals surface area contributed by atoms with Crippen LogP contribution < -0.4 is 4.74 Å². The van der Waals surface area contributed by atoms with Gasteiger partial charge in [0.05, 0.1) is 19.5 Å². The Morgan fingerprint density at radius 3 is 2.54 bits per heavy atom. The molecule has 4 heteroatoms. The summed E-state index contributed by atoms with van der Waals surface area (Å²) in [7, 11) is 1.57. The molecule has 1 saturated carbocycles. The molecule has 0 bridgehead atoms. The van der Waals surface area contributed by atoms with Gasteiger partial charge in [-0.05, 0) is 18.8 Å². The molecule has 1 atom stereocenters. The molecule has 0 aliphatic heterocycles. The smallest absolute Gasteiger partial charge is 0.157 e. The summed E-state index contributed by atoms with van der Waals surface area (Å²) in [4.78, 5) is 8.05. The average Bonchev–Trinajstić information content (AvgIpc) is 3.00. The van der Waals surface area contributed by atoms with Crippen molar-refractivity contribution in [1.82, 2.24) is 9.97 Å². The van der Waals surface area contributed by atoms with E-state index in [0.717, 1.165) is 12.8 Å². The Balaban J connectivity index is 2.11. The molecule has 1 fully saturated rings. The molecule has 0 amide bonds. The largest absolute Gasteiger partial charge is 0.494 e. The number of rotatable bonds is 3. The molecular formula is C9H12N2O2. The van der Waals surface area contributed by atoms with Gasteiger partial charge in [-0.25, -0.2) is 9.97 Å². The van der Waals surface area contributed by atoms with Gasteiger partial charge in [0.15, 0.2) is 11.6 Å². The fourth-order valence-electron chi connectivity index (χ4n) is 1.21. The second kappa shape index (κ2) is 3.30. The summed E-state index contributed by atoms with van der Waals surface area (Å²) >= 11 is 0. The number of aliphatic hydroxyl groups is 1. The molecule has 1 aliphatic rings. The first-order chi connectivity index (χ1) is 6.31. The lowest BCUT2D eigenvalue weighted by atomic mass is 10.2. The molecule has 13 heavy (non-hydrogen) atoms. The zero-order valence-corrected chi connectivity index (χ0v) is 7.47. The van der Waals surface area contributed by atoms with Gasteiger partial charge in [0, 0.05) is 0 Å². The van der Waals surface area contributed by atoms with Crippen molar-refractivity contribution in [3.63, 3.8) is 0 Å². The second-order valence-electron chi connectivity index (χ2n) is 3.26. The normalized spacial score (nSPS) is 18.3. The number of methoxy groups -OCH3 is 1. The molecule has 1 heterocycles. The fourth-order valence-corrected chi connectivity index (χ4v) is 1.21. The standard InChI is InChI=1S/C9H12N2O2/c1-13-7-4-10-9(11-5-7)8(12)6-2-3-6/h4-6,8,12H,2-3H2,1H3. The van der Waals surface area contributed by atoms with Gasteiger partial charge in [0.1, 0.15) is 6.10 Å². The van der Waals surface area contributed by atoms with E-state index in [9.17, 15) is 5.11 Å². The zero-order chi connectivity index (χ0) is 9.26. The Kier molecular flexibility index (Phi) is 2.14. The van der Waals surface area contributed by atoms with Crippen molar-refractivity contribution < 1.29 is 9.84 Å². The Bertz CT molecular complexity index is 282. The van der Waals surface area contributed by atoms with E-state index in [2.05, 4.69) is 9.97 Å². The van der Waals surface area contributed by atoms with Crippen molar-refractivity contribution >= 4 is 0 Å². The molecule has 0 saturated heterocycles. The van der Waals surface area contributed by atoms with Crippen LogP contribution in [0.15, 0.2) is 12.4 Å². The van der Waals surface area contributed by atoms with Gasteiger partial charge in [-0.1, -0.05) is 0 Å². The van der Waals surface area contributed by atoms with E-state index < -0.39 is 6.10 Å².